The number of rotatable bonds is 0. The van der Waals surface area contributed by atoms with Gasteiger partial charge in [-0.1, -0.05) is 0 Å². The van der Waals surface area contributed by atoms with Gasteiger partial charge in [-0.15, -0.1) is 0 Å². The molecule has 3 nitrogen and oxygen atoms in total. The molecule has 1 atom stereocenters. The zero-order valence-electron chi connectivity index (χ0n) is 9.20. The van der Waals surface area contributed by atoms with Crippen molar-refractivity contribution in [2.24, 2.45) is 7.05 Å². The Balaban J connectivity index is 2.30. The fourth-order valence-electron chi connectivity index (χ4n) is 2.96. The molecule has 0 radical (unpaired) electrons. The van der Waals surface area contributed by atoms with Crippen molar-refractivity contribution in [2.45, 2.75) is 12.3 Å². The summed E-state index contributed by atoms with van der Waals surface area (Å²) in [7, 11) is 2.15. The number of hydrogen-bond acceptors (Lipinski definition) is 2. The van der Waals surface area contributed by atoms with E-state index in [0.717, 1.165) is 18.3 Å². The van der Waals surface area contributed by atoms with Crippen LogP contribution in [0.4, 0.5) is 0 Å². The molecule has 80 valence electrons. The molecule has 1 aromatic carbocycles. The van der Waals surface area contributed by atoms with Gasteiger partial charge in [0.2, 0.25) is 0 Å². The molecule has 0 saturated heterocycles. The molecule has 2 aromatic heterocycles. The molecular formula is C13H13N3. The van der Waals surface area contributed by atoms with E-state index in [-0.39, 0.29) is 0 Å². The highest BCUT2D eigenvalue weighted by atomic mass is 15.0. The first-order chi connectivity index (χ1) is 7.84. The highest BCUT2D eigenvalue weighted by Crippen LogP contribution is 2.35. The summed E-state index contributed by atoms with van der Waals surface area (Å²) in [6, 6.07) is 4.40. The SMILES string of the molecule is Cn1c2ccnc3c4cc1c4[C@H](CNC=3)C2. The van der Waals surface area contributed by atoms with Crippen LogP contribution in [0.5, 0.6) is 0 Å². The van der Waals surface area contributed by atoms with Crippen molar-refractivity contribution in [3.8, 4) is 0 Å². The second kappa shape index (κ2) is 2.67. The van der Waals surface area contributed by atoms with Crippen molar-refractivity contribution < 1.29 is 0 Å². The first-order valence-electron chi connectivity index (χ1n) is 5.72. The van der Waals surface area contributed by atoms with E-state index in [9.17, 15) is 0 Å². The van der Waals surface area contributed by atoms with E-state index >= 15 is 0 Å². The minimum absolute atomic E-state index is 0.618. The van der Waals surface area contributed by atoms with Crippen LogP contribution < -0.4 is 10.7 Å². The summed E-state index contributed by atoms with van der Waals surface area (Å²) in [5.41, 5.74) is 4.26. The normalized spacial score (nSPS) is 20.7. The Hall–Kier alpha value is -1.77. The third kappa shape index (κ3) is 0.865. The number of nitrogens with one attached hydrogen (secondary N) is 1. The molecular weight excluding hydrogens is 198 g/mol. The molecule has 0 aliphatic carbocycles. The molecule has 3 aromatic rings. The smallest absolute Gasteiger partial charge is 0.0862 e. The molecule has 0 saturated carbocycles. The van der Waals surface area contributed by atoms with Gasteiger partial charge in [-0.2, -0.15) is 0 Å². The average molecular weight is 211 g/mol. The summed E-state index contributed by atoms with van der Waals surface area (Å²) in [5, 5.41) is 5.79. The van der Waals surface area contributed by atoms with Crippen molar-refractivity contribution in [3.63, 3.8) is 0 Å². The maximum atomic E-state index is 4.52. The van der Waals surface area contributed by atoms with Crippen LogP contribution in [-0.2, 0) is 13.5 Å². The Bertz CT molecular complexity index is 667. The predicted molar refractivity (Wildman–Crippen MR) is 63.7 cm³/mol. The first-order valence-corrected chi connectivity index (χ1v) is 5.72. The molecule has 3 heteroatoms. The lowest BCUT2D eigenvalue weighted by atomic mass is 9.85. The van der Waals surface area contributed by atoms with E-state index in [4.69, 9.17) is 0 Å². The quantitative estimate of drug-likeness (QED) is 0.699. The fraction of sp³-hybridized carbons (Fsp3) is 0.308. The van der Waals surface area contributed by atoms with E-state index in [1.165, 1.54) is 22.2 Å². The molecule has 6 bridgehead atoms. The largest absolute Gasteiger partial charge is 0.389 e. The van der Waals surface area contributed by atoms with E-state index in [1.807, 2.05) is 12.4 Å². The number of nitrogens with zero attached hydrogens (tertiary/aromatic N) is 2. The van der Waals surface area contributed by atoms with Crippen molar-refractivity contribution in [1.29, 1.82) is 0 Å². The second-order valence-electron chi connectivity index (χ2n) is 4.69. The third-order valence-electron chi connectivity index (χ3n) is 3.86. The van der Waals surface area contributed by atoms with E-state index < -0.39 is 0 Å². The van der Waals surface area contributed by atoms with Gasteiger partial charge < -0.3 is 9.88 Å². The van der Waals surface area contributed by atoms with Gasteiger partial charge in [-0.25, -0.2) is 0 Å². The maximum Gasteiger partial charge on any atom is 0.0862 e. The van der Waals surface area contributed by atoms with Crippen molar-refractivity contribution in [2.75, 3.05) is 6.54 Å². The molecule has 5 heterocycles. The molecule has 16 heavy (non-hydrogen) atoms. The summed E-state index contributed by atoms with van der Waals surface area (Å²) in [6.07, 6.45) is 5.09. The molecule has 6 rings (SSSR count). The van der Waals surface area contributed by atoms with Crippen LogP contribution in [0.2, 0.25) is 0 Å². The highest BCUT2D eigenvalue weighted by molar-refractivity contribution is 5.86. The first kappa shape index (κ1) is 8.39. The van der Waals surface area contributed by atoms with Crippen molar-refractivity contribution in [3.05, 3.63) is 34.9 Å². The van der Waals surface area contributed by atoms with Crippen LogP contribution in [-0.4, -0.2) is 16.1 Å². The van der Waals surface area contributed by atoms with Crippen LogP contribution in [0, 0.1) is 0 Å². The van der Waals surface area contributed by atoms with Gasteiger partial charge in [-0.3, -0.25) is 4.98 Å². The number of aryl methyl sites for hydroxylation is 1. The molecule has 0 spiro atoms. The molecule has 0 unspecified atom stereocenters. The lowest BCUT2D eigenvalue weighted by Crippen LogP contribution is -2.23. The highest BCUT2D eigenvalue weighted by Gasteiger charge is 2.27. The lowest BCUT2D eigenvalue weighted by Gasteiger charge is -2.28. The fourth-order valence-corrected chi connectivity index (χ4v) is 2.96. The predicted octanol–water partition coefficient (Wildman–Crippen LogP) is 0.835. The van der Waals surface area contributed by atoms with Gasteiger partial charge in [0, 0.05) is 48.5 Å². The molecule has 0 amide bonds. The van der Waals surface area contributed by atoms with Gasteiger partial charge in [0.05, 0.1) is 5.35 Å². The van der Waals surface area contributed by atoms with Gasteiger partial charge >= 0.3 is 0 Å². The molecule has 3 aliphatic rings. The van der Waals surface area contributed by atoms with E-state index in [0.29, 0.717) is 5.92 Å². The van der Waals surface area contributed by atoms with Gasteiger partial charge in [0.15, 0.2) is 0 Å². The summed E-state index contributed by atoms with van der Waals surface area (Å²) < 4.78 is 2.30. The van der Waals surface area contributed by atoms with Gasteiger partial charge in [-0.05, 0) is 24.1 Å². The standard InChI is InChI=1S/C13H13N3/c1-16-9-2-3-15-11-7-14-6-8(4-9)13-10(11)5-12(13)16/h2-3,5,7-8,14H,4,6H2,1H3/t8-/m0/s1. The molecule has 0 fully saturated rings. The Morgan fingerprint density at radius 2 is 2.44 bits per heavy atom. The van der Waals surface area contributed by atoms with E-state index in [2.05, 4.69) is 34.0 Å². The summed E-state index contributed by atoms with van der Waals surface area (Å²) in [4.78, 5) is 4.52. The van der Waals surface area contributed by atoms with Crippen molar-refractivity contribution >= 4 is 17.1 Å². The Labute approximate surface area is 93.4 Å². The second-order valence-corrected chi connectivity index (χ2v) is 4.69. The Kier molecular flexibility index (Phi) is 1.40. The minimum atomic E-state index is 0.618. The van der Waals surface area contributed by atoms with Crippen molar-refractivity contribution in [1.82, 2.24) is 14.9 Å². The third-order valence-corrected chi connectivity index (χ3v) is 3.86. The Morgan fingerprint density at radius 1 is 1.50 bits per heavy atom. The Morgan fingerprint density at radius 3 is 3.38 bits per heavy atom. The minimum Gasteiger partial charge on any atom is -0.389 e. The molecule has 3 aliphatic heterocycles. The lowest BCUT2D eigenvalue weighted by molar-refractivity contribution is 0.613. The van der Waals surface area contributed by atoms with E-state index in [1.54, 1.807) is 0 Å². The molecule has 1 N–H and O–H groups in total. The zero-order chi connectivity index (χ0) is 10.7. The topological polar surface area (TPSA) is 29.9 Å². The van der Waals surface area contributed by atoms with Crippen LogP contribution in [0.1, 0.15) is 17.2 Å². The monoisotopic (exact) mass is 211 g/mol. The summed E-state index contributed by atoms with van der Waals surface area (Å²) in [6.45, 7) is 1.03. The van der Waals surface area contributed by atoms with Gasteiger partial charge in [0.1, 0.15) is 0 Å². The summed E-state index contributed by atoms with van der Waals surface area (Å²) >= 11 is 0. The average Bonchev–Trinajstić information content (AvgIpc) is 2.27. The number of hydrogen-bond donors (Lipinski definition) is 1. The zero-order valence-corrected chi connectivity index (χ0v) is 9.20. The number of aromatic nitrogens is 2. The van der Waals surface area contributed by atoms with Crippen LogP contribution in [0.3, 0.4) is 0 Å². The van der Waals surface area contributed by atoms with Crippen LogP contribution >= 0.6 is 0 Å². The van der Waals surface area contributed by atoms with Crippen LogP contribution in [0.15, 0.2) is 18.3 Å². The summed E-state index contributed by atoms with van der Waals surface area (Å²) in [5.74, 6) is 0.618. The van der Waals surface area contributed by atoms with Crippen LogP contribution in [0.25, 0.3) is 17.1 Å². The maximum absolute atomic E-state index is 4.52. The van der Waals surface area contributed by atoms with Gasteiger partial charge in [0.25, 0.3) is 0 Å².